The molecule has 1 fully saturated rings. The Bertz CT molecular complexity index is 422. The number of aliphatic hydroxyl groups excluding tert-OH is 1. The average Bonchev–Trinajstić information content (AvgIpc) is 2.49. The Morgan fingerprint density at radius 2 is 2.25 bits per heavy atom. The quantitative estimate of drug-likeness (QED) is 0.643. The van der Waals surface area contributed by atoms with Crippen LogP contribution in [0.3, 0.4) is 0 Å². The molecule has 6 heteroatoms. The fraction of sp³-hybridized carbons (Fsp3) is 0.571. The minimum atomic E-state index is -0.546. The maximum absolute atomic E-state index is 9.89. The first-order chi connectivity index (χ1) is 9.75. The molecule has 1 aliphatic rings. The lowest BCUT2D eigenvalue weighted by Crippen LogP contribution is -2.38. The van der Waals surface area contributed by atoms with Crippen molar-refractivity contribution in [3.05, 3.63) is 30.1 Å². The van der Waals surface area contributed by atoms with Gasteiger partial charge < -0.3 is 14.8 Å². The van der Waals surface area contributed by atoms with Crippen molar-refractivity contribution >= 4 is 16.8 Å². The van der Waals surface area contributed by atoms with Crippen LogP contribution in [0.25, 0.3) is 0 Å². The van der Waals surface area contributed by atoms with E-state index < -0.39 is 6.10 Å². The van der Waals surface area contributed by atoms with E-state index in [2.05, 4.69) is 15.0 Å². The summed E-state index contributed by atoms with van der Waals surface area (Å²) in [7, 11) is 0. The number of rotatable bonds is 6. The van der Waals surface area contributed by atoms with Gasteiger partial charge >= 0.3 is 0 Å². The van der Waals surface area contributed by atoms with Crippen molar-refractivity contribution in [3.63, 3.8) is 0 Å². The van der Waals surface area contributed by atoms with Crippen LogP contribution in [0.4, 0.5) is 0 Å². The molecule has 0 radical (unpaired) electrons. The number of piperidine rings is 1. The minimum absolute atomic E-state index is 0.146. The van der Waals surface area contributed by atoms with Crippen molar-refractivity contribution in [2.45, 2.75) is 25.4 Å². The highest BCUT2D eigenvalue weighted by molar-refractivity contribution is 6.69. The van der Waals surface area contributed by atoms with Crippen LogP contribution in [0, 0.1) is 0 Å². The van der Waals surface area contributed by atoms with Gasteiger partial charge in [-0.05, 0) is 38.1 Å². The molecule has 2 heterocycles. The number of β-amino-alcohol motifs (C(OH)–C–C–N with tert-alkyl or cyclic N) is 1. The molecule has 1 aliphatic heterocycles. The second-order valence-electron chi connectivity index (χ2n) is 4.93. The molecule has 1 aromatic rings. The van der Waals surface area contributed by atoms with Crippen molar-refractivity contribution in [1.82, 2.24) is 9.88 Å². The van der Waals surface area contributed by atoms with Gasteiger partial charge in [0.25, 0.3) is 0 Å². The molecule has 5 nitrogen and oxygen atoms in total. The summed E-state index contributed by atoms with van der Waals surface area (Å²) < 4.78 is 0. The van der Waals surface area contributed by atoms with Crippen LogP contribution in [-0.2, 0) is 4.84 Å². The lowest BCUT2D eigenvalue weighted by Gasteiger charge is -2.27. The molecule has 0 amide bonds. The summed E-state index contributed by atoms with van der Waals surface area (Å²) in [5.41, 5.74) is 0.694. The molecule has 1 N–H and O–H groups in total. The highest BCUT2D eigenvalue weighted by atomic mass is 35.5. The average molecular weight is 298 g/mol. The molecule has 0 spiro atoms. The second-order valence-corrected chi connectivity index (χ2v) is 5.29. The van der Waals surface area contributed by atoms with Gasteiger partial charge in [0.15, 0.2) is 5.17 Å². The van der Waals surface area contributed by atoms with Gasteiger partial charge in [0.05, 0.1) is 0 Å². The highest BCUT2D eigenvalue weighted by Crippen LogP contribution is 2.09. The Hall–Kier alpha value is -1.17. The number of pyridine rings is 1. The van der Waals surface area contributed by atoms with Gasteiger partial charge in [-0.25, -0.2) is 0 Å². The number of halogens is 1. The predicted octanol–water partition coefficient (Wildman–Crippen LogP) is 1.85. The standard InChI is InChI=1S/C14H20ClN3O2/c15-14(12-5-4-6-16-9-12)17-20-11-13(19)10-18-7-2-1-3-8-18/h4-6,9,13,19H,1-3,7-8,10-11H2/b17-14-/t13-/m1/s1. The molecule has 0 aliphatic carbocycles. The number of aromatic nitrogens is 1. The van der Waals surface area contributed by atoms with Gasteiger partial charge in [-0.2, -0.15) is 0 Å². The van der Waals surface area contributed by atoms with Crippen molar-refractivity contribution in [2.75, 3.05) is 26.2 Å². The van der Waals surface area contributed by atoms with Crippen LogP contribution >= 0.6 is 11.6 Å². The summed E-state index contributed by atoms with van der Waals surface area (Å²) in [5.74, 6) is 0. The van der Waals surface area contributed by atoms with E-state index >= 15 is 0 Å². The topological polar surface area (TPSA) is 58.0 Å². The molecular formula is C14H20ClN3O2. The van der Waals surface area contributed by atoms with Crippen molar-refractivity contribution in [2.24, 2.45) is 5.16 Å². The Kier molecular flexibility index (Phi) is 6.24. The number of nitrogens with zero attached hydrogens (tertiary/aromatic N) is 3. The molecule has 20 heavy (non-hydrogen) atoms. The Morgan fingerprint density at radius 3 is 2.95 bits per heavy atom. The molecule has 110 valence electrons. The lowest BCUT2D eigenvalue weighted by molar-refractivity contribution is 0.0161. The first kappa shape index (κ1) is 15.2. The van der Waals surface area contributed by atoms with Gasteiger partial charge in [-0.15, -0.1) is 0 Å². The van der Waals surface area contributed by atoms with E-state index in [1.807, 2.05) is 0 Å². The summed E-state index contributed by atoms with van der Waals surface area (Å²) in [6.07, 6.45) is 6.43. The fourth-order valence-corrected chi connectivity index (χ4v) is 2.37. The third-order valence-corrected chi connectivity index (χ3v) is 3.52. The molecule has 0 unspecified atom stereocenters. The fourth-order valence-electron chi connectivity index (χ4n) is 2.21. The minimum Gasteiger partial charge on any atom is -0.392 e. The Morgan fingerprint density at radius 1 is 1.45 bits per heavy atom. The van der Waals surface area contributed by atoms with Gasteiger partial charge in [-0.3, -0.25) is 4.98 Å². The first-order valence-electron chi connectivity index (χ1n) is 6.92. The van der Waals surface area contributed by atoms with Crippen LogP contribution in [0.2, 0.25) is 0 Å². The van der Waals surface area contributed by atoms with E-state index in [0.29, 0.717) is 12.1 Å². The predicted molar refractivity (Wildman–Crippen MR) is 78.9 cm³/mol. The van der Waals surface area contributed by atoms with Crippen LogP contribution in [0.1, 0.15) is 24.8 Å². The molecule has 1 saturated heterocycles. The summed E-state index contributed by atoms with van der Waals surface area (Å²) >= 11 is 5.97. The van der Waals surface area contributed by atoms with Crippen molar-refractivity contribution in [1.29, 1.82) is 0 Å². The number of hydrogen-bond donors (Lipinski definition) is 1. The summed E-state index contributed by atoms with van der Waals surface area (Å²) in [5, 5.41) is 13.9. The third kappa shape index (κ3) is 5.07. The molecule has 0 bridgehead atoms. The largest absolute Gasteiger partial charge is 0.392 e. The Balaban J connectivity index is 1.71. The van der Waals surface area contributed by atoms with Crippen LogP contribution in [-0.4, -0.2) is 52.5 Å². The van der Waals surface area contributed by atoms with Gasteiger partial charge in [0, 0.05) is 24.5 Å². The molecule has 1 aromatic heterocycles. The smallest absolute Gasteiger partial charge is 0.177 e. The van der Waals surface area contributed by atoms with Gasteiger partial charge in [0.1, 0.15) is 12.7 Å². The second kappa shape index (κ2) is 8.19. The van der Waals surface area contributed by atoms with E-state index in [9.17, 15) is 5.11 Å². The van der Waals surface area contributed by atoms with Crippen LogP contribution < -0.4 is 0 Å². The molecule has 0 saturated carbocycles. The zero-order valence-corrected chi connectivity index (χ0v) is 12.2. The molecule has 0 aromatic carbocycles. The van der Waals surface area contributed by atoms with Crippen LogP contribution in [0.5, 0.6) is 0 Å². The van der Waals surface area contributed by atoms with E-state index in [4.69, 9.17) is 16.4 Å². The normalized spacial score (nSPS) is 18.8. The summed E-state index contributed by atoms with van der Waals surface area (Å²) in [6.45, 7) is 2.88. The maximum Gasteiger partial charge on any atom is 0.177 e. The molecule has 2 rings (SSSR count). The van der Waals surface area contributed by atoms with E-state index in [1.54, 1.807) is 24.5 Å². The molecule has 1 atom stereocenters. The van der Waals surface area contributed by atoms with Crippen molar-refractivity contribution < 1.29 is 9.94 Å². The number of hydrogen-bond acceptors (Lipinski definition) is 5. The molecular weight excluding hydrogens is 278 g/mol. The zero-order valence-electron chi connectivity index (χ0n) is 11.4. The highest BCUT2D eigenvalue weighted by Gasteiger charge is 2.14. The maximum atomic E-state index is 9.89. The lowest BCUT2D eigenvalue weighted by atomic mass is 10.1. The van der Waals surface area contributed by atoms with Crippen LogP contribution in [0.15, 0.2) is 29.7 Å². The summed E-state index contributed by atoms with van der Waals surface area (Å²) in [4.78, 5) is 11.3. The van der Waals surface area contributed by atoms with E-state index in [-0.39, 0.29) is 11.8 Å². The van der Waals surface area contributed by atoms with Crippen molar-refractivity contribution in [3.8, 4) is 0 Å². The monoisotopic (exact) mass is 297 g/mol. The first-order valence-corrected chi connectivity index (χ1v) is 7.30. The Labute approximate surface area is 124 Å². The zero-order chi connectivity index (χ0) is 14.2. The number of likely N-dealkylation sites (tertiary alicyclic amines) is 1. The third-order valence-electron chi connectivity index (χ3n) is 3.23. The van der Waals surface area contributed by atoms with Gasteiger partial charge in [0.2, 0.25) is 0 Å². The summed E-state index contributed by atoms with van der Waals surface area (Å²) in [6, 6.07) is 3.57. The number of oxime groups is 1. The number of aliphatic hydroxyl groups is 1. The van der Waals surface area contributed by atoms with E-state index in [0.717, 1.165) is 13.1 Å². The van der Waals surface area contributed by atoms with E-state index in [1.165, 1.54) is 19.3 Å². The van der Waals surface area contributed by atoms with Gasteiger partial charge in [-0.1, -0.05) is 23.2 Å². The SMILES string of the molecule is O[C@@H](CO/N=C(\Cl)c1cccnc1)CN1CCCCC1.